The van der Waals surface area contributed by atoms with Gasteiger partial charge in [-0.05, 0) is 17.8 Å². The average molecular weight is 167 g/mol. The molecular weight excluding hydrogens is 144 g/mol. The highest BCUT2D eigenvalue weighted by Crippen LogP contribution is 2.24. The van der Waals surface area contributed by atoms with Gasteiger partial charge in [0.15, 0.2) is 0 Å². The normalized spacial score (nSPS) is 12.1. The molecule has 0 amide bonds. The number of rotatable bonds is 6. The van der Waals surface area contributed by atoms with Gasteiger partial charge in [-0.25, -0.2) is 0 Å². The van der Waals surface area contributed by atoms with Crippen molar-refractivity contribution in [3.63, 3.8) is 0 Å². The van der Waals surface area contributed by atoms with Crippen LogP contribution in [0.4, 0.5) is 0 Å². The van der Waals surface area contributed by atoms with E-state index in [-0.39, 0.29) is 0 Å². The third-order valence-electron chi connectivity index (χ3n) is 2.32. The molecule has 1 radical (unpaired) electrons. The first-order valence-electron chi connectivity index (χ1n) is 4.94. The predicted octanol–water partition coefficient (Wildman–Crippen LogP) is 4.23. The quantitative estimate of drug-likeness (QED) is 0.410. The summed E-state index contributed by atoms with van der Waals surface area (Å²) in [6.45, 7) is 14.5. The van der Waals surface area contributed by atoms with Crippen LogP contribution in [0.15, 0.2) is 12.7 Å². The van der Waals surface area contributed by atoms with Crippen LogP contribution in [0.3, 0.4) is 0 Å². The molecule has 71 valence electrons. The molecule has 0 N–H and O–H groups in total. The highest BCUT2D eigenvalue weighted by atomic mass is 14.2. The van der Waals surface area contributed by atoms with Crippen molar-refractivity contribution in [1.29, 1.82) is 0 Å². The van der Waals surface area contributed by atoms with Gasteiger partial charge in [-0.2, -0.15) is 0 Å². The van der Waals surface area contributed by atoms with E-state index in [2.05, 4.69) is 40.3 Å². The summed E-state index contributed by atoms with van der Waals surface area (Å²) in [5.41, 5.74) is 0.324. The first kappa shape index (κ1) is 11.7. The van der Waals surface area contributed by atoms with Crippen LogP contribution in [-0.2, 0) is 0 Å². The Morgan fingerprint density at radius 1 is 1.33 bits per heavy atom. The van der Waals surface area contributed by atoms with Crippen molar-refractivity contribution in [3.05, 3.63) is 19.6 Å². The summed E-state index contributed by atoms with van der Waals surface area (Å²) in [4.78, 5) is 0. The summed E-state index contributed by atoms with van der Waals surface area (Å²) in [7, 11) is 0. The van der Waals surface area contributed by atoms with E-state index in [1.165, 1.54) is 25.7 Å². The lowest BCUT2D eigenvalue weighted by molar-refractivity contribution is 0.404. The second kappa shape index (κ2) is 5.40. The minimum Gasteiger partial charge on any atom is -0.103 e. The second-order valence-electron chi connectivity index (χ2n) is 4.54. The number of hydrogen-bond acceptors (Lipinski definition) is 0. The minimum atomic E-state index is 0.324. The molecule has 0 aliphatic heterocycles. The van der Waals surface area contributed by atoms with Crippen LogP contribution >= 0.6 is 0 Å². The standard InChI is InChI=1S/C12H23/c1-6-12(4,5)10-8-7-9-11(2)3/h6,11H,1-2,7-10H2,3-5H3. The van der Waals surface area contributed by atoms with Crippen molar-refractivity contribution in [1.82, 2.24) is 0 Å². The molecule has 0 aromatic heterocycles. The average Bonchev–Trinajstić information content (AvgIpc) is 1.98. The molecule has 0 heterocycles. The highest BCUT2D eigenvalue weighted by Gasteiger charge is 2.11. The number of allylic oxidation sites excluding steroid dienone is 1. The van der Waals surface area contributed by atoms with Gasteiger partial charge in [-0.3, -0.25) is 0 Å². The largest absolute Gasteiger partial charge is 0.103 e. The summed E-state index contributed by atoms with van der Waals surface area (Å²) < 4.78 is 0. The Morgan fingerprint density at radius 3 is 2.33 bits per heavy atom. The van der Waals surface area contributed by atoms with Crippen molar-refractivity contribution in [3.8, 4) is 0 Å². The number of unbranched alkanes of at least 4 members (excludes halogenated alkanes) is 1. The molecule has 0 saturated heterocycles. The van der Waals surface area contributed by atoms with Crippen LogP contribution in [0.1, 0.15) is 46.5 Å². The maximum absolute atomic E-state index is 3.97. The minimum absolute atomic E-state index is 0.324. The third kappa shape index (κ3) is 6.45. The smallest absolute Gasteiger partial charge is 0.0178 e. The van der Waals surface area contributed by atoms with Gasteiger partial charge < -0.3 is 0 Å². The van der Waals surface area contributed by atoms with Gasteiger partial charge in [0.25, 0.3) is 0 Å². The molecule has 0 saturated carbocycles. The Labute approximate surface area is 78.1 Å². The molecule has 0 heteroatoms. The topological polar surface area (TPSA) is 0 Å². The Morgan fingerprint density at radius 2 is 1.92 bits per heavy atom. The molecular formula is C12H23. The molecule has 0 aromatic rings. The zero-order valence-electron chi connectivity index (χ0n) is 8.90. The fraction of sp³-hybridized carbons (Fsp3) is 0.750. The Bertz CT molecular complexity index is 120. The van der Waals surface area contributed by atoms with E-state index in [0.717, 1.165) is 0 Å². The van der Waals surface area contributed by atoms with Crippen molar-refractivity contribution >= 4 is 0 Å². The molecule has 0 spiro atoms. The summed E-state index contributed by atoms with van der Waals surface area (Å²) in [6.07, 6.45) is 7.18. The van der Waals surface area contributed by atoms with Gasteiger partial charge in [-0.15, -0.1) is 6.58 Å². The summed E-state index contributed by atoms with van der Waals surface area (Å²) >= 11 is 0. The summed E-state index contributed by atoms with van der Waals surface area (Å²) in [5.74, 6) is 0.608. The van der Waals surface area contributed by atoms with E-state index < -0.39 is 0 Å². The molecule has 12 heavy (non-hydrogen) atoms. The predicted molar refractivity (Wildman–Crippen MR) is 57.0 cm³/mol. The van der Waals surface area contributed by atoms with E-state index >= 15 is 0 Å². The zero-order valence-corrected chi connectivity index (χ0v) is 8.90. The Kier molecular flexibility index (Phi) is 5.28. The summed E-state index contributed by atoms with van der Waals surface area (Å²) in [6, 6.07) is 0. The lowest BCUT2D eigenvalue weighted by Crippen LogP contribution is -2.06. The van der Waals surface area contributed by atoms with Crippen LogP contribution in [0.25, 0.3) is 0 Å². The first-order valence-corrected chi connectivity index (χ1v) is 4.94. The van der Waals surface area contributed by atoms with E-state index in [0.29, 0.717) is 11.3 Å². The maximum atomic E-state index is 3.97. The molecule has 1 atom stereocenters. The lowest BCUT2D eigenvalue weighted by atomic mass is 9.87. The molecule has 0 bridgehead atoms. The lowest BCUT2D eigenvalue weighted by Gasteiger charge is -2.19. The number of hydrogen-bond donors (Lipinski definition) is 0. The van der Waals surface area contributed by atoms with Gasteiger partial charge in [0.1, 0.15) is 0 Å². The van der Waals surface area contributed by atoms with Crippen LogP contribution in [0, 0.1) is 18.3 Å². The van der Waals surface area contributed by atoms with E-state index in [1.54, 1.807) is 0 Å². The molecule has 1 unspecified atom stereocenters. The monoisotopic (exact) mass is 167 g/mol. The van der Waals surface area contributed by atoms with Crippen LogP contribution in [0.2, 0.25) is 0 Å². The Balaban J connectivity index is 3.37. The van der Waals surface area contributed by atoms with E-state index in [9.17, 15) is 0 Å². The van der Waals surface area contributed by atoms with Crippen molar-refractivity contribution in [2.24, 2.45) is 11.3 Å². The molecule has 0 aliphatic carbocycles. The first-order chi connectivity index (χ1) is 5.48. The van der Waals surface area contributed by atoms with Gasteiger partial charge in [0, 0.05) is 0 Å². The van der Waals surface area contributed by atoms with Crippen molar-refractivity contribution < 1.29 is 0 Å². The summed E-state index contributed by atoms with van der Waals surface area (Å²) in [5, 5.41) is 0. The van der Waals surface area contributed by atoms with Gasteiger partial charge in [-0.1, -0.05) is 53.0 Å². The Hall–Kier alpha value is -0.260. The van der Waals surface area contributed by atoms with Crippen LogP contribution in [0.5, 0.6) is 0 Å². The maximum Gasteiger partial charge on any atom is -0.0178 e. The fourth-order valence-corrected chi connectivity index (χ4v) is 1.18. The highest BCUT2D eigenvalue weighted by molar-refractivity contribution is 4.87. The van der Waals surface area contributed by atoms with Crippen LogP contribution in [-0.4, -0.2) is 0 Å². The van der Waals surface area contributed by atoms with Gasteiger partial charge in [0.2, 0.25) is 0 Å². The van der Waals surface area contributed by atoms with Gasteiger partial charge >= 0.3 is 0 Å². The second-order valence-corrected chi connectivity index (χ2v) is 4.54. The van der Waals surface area contributed by atoms with E-state index in [1.807, 2.05) is 0 Å². The van der Waals surface area contributed by atoms with Gasteiger partial charge in [0.05, 0.1) is 0 Å². The van der Waals surface area contributed by atoms with E-state index in [4.69, 9.17) is 0 Å². The molecule has 0 rings (SSSR count). The zero-order chi connectivity index (χ0) is 9.61. The molecule has 0 aromatic carbocycles. The fourth-order valence-electron chi connectivity index (χ4n) is 1.18. The third-order valence-corrected chi connectivity index (χ3v) is 2.32. The molecule has 0 nitrogen and oxygen atoms in total. The molecule has 0 aliphatic rings. The van der Waals surface area contributed by atoms with Crippen molar-refractivity contribution in [2.75, 3.05) is 0 Å². The molecule has 0 fully saturated rings. The SMILES string of the molecule is [CH2]C(C)CCCCC(C)(C)C=C. The van der Waals surface area contributed by atoms with Crippen LogP contribution < -0.4 is 0 Å². The van der Waals surface area contributed by atoms with Crippen molar-refractivity contribution in [2.45, 2.75) is 46.5 Å².